The number of hydrogen-bond donors (Lipinski definition) is 2. The molecule has 0 spiro atoms. The molecule has 4 nitrogen and oxygen atoms in total. The molecule has 0 aliphatic heterocycles. The van der Waals surface area contributed by atoms with E-state index in [4.69, 9.17) is 9.84 Å². The first-order chi connectivity index (χ1) is 8.60. The van der Waals surface area contributed by atoms with E-state index < -0.39 is 0 Å². The molecule has 18 heavy (non-hydrogen) atoms. The summed E-state index contributed by atoms with van der Waals surface area (Å²) in [7, 11) is 0. The van der Waals surface area contributed by atoms with Crippen LogP contribution in [0.25, 0.3) is 0 Å². The summed E-state index contributed by atoms with van der Waals surface area (Å²) in [4.78, 5) is 11.9. The van der Waals surface area contributed by atoms with Crippen molar-refractivity contribution in [3.05, 3.63) is 28.8 Å². The lowest BCUT2D eigenvalue weighted by atomic mass is 10.0. The second kappa shape index (κ2) is 7.01. The van der Waals surface area contributed by atoms with Crippen LogP contribution >= 0.6 is 0 Å². The summed E-state index contributed by atoms with van der Waals surface area (Å²) < 4.78 is 5.49. The van der Waals surface area contributed by atoms with Crippen molar-refractivity contribution in [3.8, 4) is 5.75 Å². The Bertz CT molecular complexity index is 416. The van der Waals surface area contributed by atoms with Crippen LogP contribution in [0.1, 0.15) is 34.8 Å². The molecule has 0 aromatic heterocycles. The second-order valence-corrected chi connectivity index (χ2v) is 4.20. The van der Waals surface area contributed by atoms with Crippen LogP contribution in [0.4, 0.5) is 0 Å². The molecule has 0 unspecified atom stereocenters. The molecule has 1 aromatic rings. The zero-order valence-corrected chi connectivity index (χ0v) is 11.2. The summed E-state index contributed by atoms with van der Waals surface area (Å²) in [6, 6.07) is 3.73. The van der Waals surface area contributed by atoms with Crippen LogP contribution in [-0.4, -0.2) is 30.8 Å². The first-order valence-corrected chi connectivity index (χ1v) is 6.23. The minimum Gasteiger partial charge on any atom is -0.494 e. The third kappa shape index (κ3) is 3.74. The van der Waals surface area contributed by atoms with E-state index in [0.717, 1.165) is 16.9 Å². The van der Waals surface area contributed by atoms with Gasteiger partial charge in [0, 0.05) is 18.7 Å². The largest absolute Gasteiger partial charge is 0.494 e. The average Bonchev–Trinajstić information content (AvgIpc) is 2.34. The van der Waals surface area contributed by atoms with Gasteiger partial charge in [-0.25, -0.2) is 0 Å². The Morgan fingerprint density at radius 1 is 1.33 bits per heavy atom. The predicted molar refractivity (Wildman–Crippen MR) is 71.1 cm³/mol. The maximum absolute atomic E-state index is 11.9. The van der Waals surface area contributed by atoms with E-state index in [2.05, 4.69) is 5.32 Å². The van der Waals surface area contributed by atoms with Crippen molar-refractivity contribution in [2.24, 2.45) is 0 Å². The van der Waals surface area contributed by atoms with E-state index in [0.29, 0.717) is 25.1 Å². The Labute approximate surface area is 108 Å². The van der Waals surface area contributed by atoms with E-state index in [1.54, 1.807) is 0 Å². The first kappa shape index (κ1) is 14.5. The molecule has 2 N–H and O–H groups in total. The maximum atomic E-state index is 11.9. The minimum absolute atomic E-state index is 0.0849. The smallest absolute Gasteiger partial charge is 0.251 e. The number of rotatable bonds is 6. The highest BCUT2D eigenvalue weighted by atomic mass is 16.5. The molecule has 4 heteroatoms. The molecule has 0 atom stereocenters. The molecule has 0 fully saturated rings. The molecular weight excluding hydrogens is 230 g/mol. The lowest BCUT2D eigenvalue weighted by Crippen LogP contribution is -2.25. The molecule has 0 aliphatic rings. The number of ether oxygens (including phenoxy) is 1. The average molecular weight is 251 g/mol. The van der Waals surface area contributed by atoms with Gasteiger partial charge in [0.1, 0.15) is 5.75 Å². The van der Waals surface area contributed by atoms with Crippen LogP contribution in [-0.2, 0) is 0 Å². The van der Waals surface area contributed by atoms with Gasteiger partial charge in [-0.3, -0.25) is 4.79 Å². The molecule has 0 saturated carbocycles. The standard InChI is InChI=1S/C14H21NO3/c1-4-18-13-9-10(2)12(8-11(13)3)14(17)15-6-5-7-16/h8-9,16H,4-7H2,1-3H3,(H,15,17). The van der Waals surface area contributed by atoms with Crippen LogP contribution < -0.4 is 10.1 Å². The van der Waals surface area contributed by atoms with Crippen molar-refractivity contribution in [1.29, 1.82) is 0 Å². The Balaban J connectivity index is 2.83. The fourth-order valence-electron chi connectivity index (χ4n) is 1.72. The Kier molecular flexibility index (Phi) is 5.65. The monoisotopic (exact) mass is 251 g/mol. The van der Waals surface area contributed by atoms with Crippen molar-refractivity contribution in [2.45, 2.75) is 27.2 Å². The van der Waals surface area contributed by atoms with Crippen molar-refractivity contribution >= 4 is 5.91 Å². The molecule has 0 saturated heterocycles. The number of carbonyl (C=O) groups excluding carboxylic acids is 1. The molecule has 100 valence electrons. The summed E-state index contributed by atoms with van der Waals surface area (Å²) >= 11 is 0. The van der Waals surface area contributed by atoms with E-state index in [1.807, 2.05) is 32.9 Å². The number of nitrogens with one attached hydrogen (secondary N) is 1. The summed E-state index contributed by atoms with van der Waals surface area (Å²) in [6.07, 6.45) is 0.570. The highest BCUT2D eigenvalue weighted by molar-refractivity contribution is 5.96. The zero-order valence-electron chi connectivity index (χ0n) is 11.2. The number of amides is 1. The fourth-order valence-corrected chi connectivity index (χ4v) is 1.72. The molecule has 1 rings (SSSR count). The Hall–Kier alpha value is -1.55. The highest BCUT2D eigenvalue weighted by Crippen LogP contribution is 2.22. The first-order valence-electron chi connectivity index (χ1n) is 6.23. The summed E-state index contributed by atoms with van der Waals surface area (Å²) in [5, 5.41) is 11.5. The number of hydrogen-bond acceptors (Lipinski definition) is 3. The van der Waals surface area contributed by atoms with Gasteiger partial charge in [-0.2, -0.15) is 0 Å². The number of aryl methyl sites for hydroxylation is 2. The van der Waals surface area contributed by atoms with E-state index in [-0.39, 0.29) is 12.5 Å². The van der Waals surface area contributed by atoms with Gasteiger partial charge in [0.05, 0.1) is 6.61 Å². The lowest BCUT2D eigenvalue weighted by Gasteiger charge is -2.12. The molecule has 0 aliphatic carbocycles. The SMILES string of the molecule is CCOc1cc(C)c(C(=O)NCCCO)cc1C. The molecule has 0 heterocycles. The third-order valence-corrected chi connectivity index (χ3v) is 2.69. The molecule has 1 aromatic carbocycles. The van der Waals surface area contributed by atoms with Crippen molar-refractivity contribution in [2.75, 3.05) is 19.8 Å². The van der Waals surface area contributed by atoms with Crippen LogP contribution in [0.15, 0.2) is 12.1 Å². The highest BCUT2D eigenvalue weighted by Gasteiger charge is 2.11. The van der Waals surface area contributed by atoms with Gasteiger partial charge in [-0.1, -0.05) is 0 Å². The van der Waals surface area contributed by atoms with Gasteiger partial charge in [-0.05, 0) is 50.5 Å². The zero-order chi connectivity index (χ0) is 13.5. The number of carbonyl (C=O) groups is 1. The van der Waals surface area contributed by atoms with Gasteiger partial charge in [0.2, 0.25) is 0 Å². The molecule has 0 bridgehead atoms. The van der Waals surface area contributed by atoms with Crippen molar-refractivity contribution < 1.29 is 14.6 Å². The predicted octanol–water partition coefficient (Wildman–Crippen LogP) is 1.81. The number of benzene rings is 1. The normalized spacial score (nSPS) is 10.2. The lowest BCUT2D eigenvalue weighted by molar-refractivity contribution is 0.0950. The van der Waals surface area contributed by atoms with Crippen LogP contribution in [0, 0.1) is 13.8 Å². The van der Waals surface area contributed by atoms with Crippen LogP contribution in [0.3, 0.4) is 0 Å². The van der Waals surface area contributed by atoms with Gasteiger partial charge in [-0.15, -0.1) is 0 Å². The summed E-state index contributed by atoms with van der Waals surface area (Å²) in [6.45, 7) is 6.94. The Morgan fingerprint density at radius 2 is 2.06 bits per heavy atom. The third-order valence-electron chi connectivity index (χ3n) is 2.69. The second-order valence-electron chi connectivity index (χ2n) is 4.20. The van der Waals surface area contributed by atoms with Crippen molar-refractivity contribution in [3.63, 3.8) is 0 Å². The maximum Gasteiger partial charge on any atom is 0.251 e. The van der Waals surface area contributed by atoms with Gasteiger partial charge < -0.3 is 15.2 Å². The molecule has 0 radical (unpaired) electrons. The van der Waals surface area contributed by atoms with Gasteiger partial charge >= 0.3 is 0 Å². The number of aliphatic hydroxyl groups excluding tert-OH is 1. The Morgan fingerprint density at radius 3 is 2.67 bits per heavy atom. The van der Waals surface area contributed by atoms with Gasteiger partial charge in [0.15, 0.2) is 0 Å². The summed E-state index contributed by atoms with van der Waals surface area (Å²) in [5.41, 5.74) is 2.51. The molecule has 1 amide bonds. The summed E-state index contributed by atoms with van der Waals surface area (Å²) in [5.74, 6) is 0.717. The van der Waals surface area contributed by atoms with E-state index >= 15 is 0 Å². The van der Waals surface area contributed by atoms with Gasteiger partial charge in [0.25, 0.3) is 5.91 Å². The topological polar surface area (TPSA) is 58.6 Å². The fraction of sp³-hybridized carbons (Fsp3) is 0.500. The molecular formula is C14H21NO3. The van der Waals surface area contributed by atoms with Crippen LogP contribution in [0.5, 0.6) is 5.75 Å². The quantitative estimate of drug-likeness (QED) is 0.758. The van der Waals surface area contributed by atoms with E-state index in [9.17, 15) is 4.79 Å². The minimum atomic E-state index is -0.105. The van der Waals surface area contributed by atoms with Crippen molar-refractivity contribution in [1.82, 2.24) is 5.32 Å². The van der Waals surface area contributed by atoms with E-state index in [1.165, 1.54) is 0 Å². The number of aliphatic hydroxyl groups is 1. The van der Waals surface area contributed by atoms with Crippen LogP contribution in [0.2, 0.25) is 0 Å².